The first-order valence-electron chi connectivity index (χ1n) is 8.04. The van der Waals surface area contributed by atoms with E-state index in [1.54, 1.807) is 0 Å². The van der Waals surface area contributed by atoms with E-state index in [9.17, 15) is 0 Å². The van der Waals surface area contributed by atoms with Gasteiger partial charge in [-0.15, -0.1) is 5.12 Å². The Labute approximate surface area is 141 Å². The summed E-state index contributed by atoms with van der Waals surface area (Å²) in [6, 6.07) is 30.8. The van der Waals surface area contributed by atoms with Crippen molar-refractivity contribution in [2.24, 2.45) is 4.99 Å². The van der Waals surface area contributed by atoms with Crippen LogP contribution in [0, 0.1) is 0 Å². The van der Waals surface area contributed by atoms with E-state index >= 15 is 0 Å². The molecule has 4 heteroatoms. The number of quaternary nitrogens is 1. The van der Waals surface area contributed by atoms with Gasteiger partial charge in [0.1, 0.15) is 5.69 Å². The predicted octanol–water partition coefficient (Wildman–Crippen LogP) is 2.96. The van der Waals surface area contributed by atoms with Crippen molar-refractivity contribution in [3.63, 3.8) is 0 Å². The van der Waals surface area contributed by atoms with Crippen molar-refractivity contribution in [1.29, 1.82) is 0 Å². The third-order valence-corrected chi connectivity index (χ3v) is 4.01. The van der Waals surface area contributed by atoms with Gasteiger partial charge in [-0.2, -0.15) is 15.8 Å². The molecule has 0 amide bonds. The van der Waals surface area contributed by atoms with Crippen LogP contribution in [0.3, 0.4) is 0 Å². The summed E-state index contributed by atoms with van der Waals surface area (Å²) in [7, 11) is 0. The van der Waals surface area contributed by atoms with Gasteiger partial charge in [0.25, 0.3) is 0 Å². The molecule has 0 radical (unpaired) electrons. The highest BCUT2D eigenvalue weighted by atomic mass is 15.8. The van der Waals surface area contributed by atoms with Crippen LogP contribution in [0.4, 0.5) is 11.4 Å². The lowest BCUT2D eigenvalue weighted by molar-refractivity contribution is -0.548. The van der Waals surface area contributed by atoms with Crippen LogP contribution in [0.5, 0.6) is 0 Å². The average molecular weight is 315 g/mol. The predicted molar refractivity (Wildman–Crippen MR) is 96.7 cm³/mol. The molecule has 1 fully saturated rings. The van der Waals surface area contributed by atoms with E-state index in [4.69, 9.17) is 4.99 Å². The number of nitrogens with one attached hydrogen (secondary N) is 1. The molecule has 1 aliphatic heterocycles. The topological polar surface area (TPSA) is 44.2 Å². The lowest BCUT2D eigenvalue weighted by atomic mass is 10.1. The molecular formula is C20H19N4+. The molecule has 1 aliphatic rings. The van der Waals surface area contributed by atoms with Crippen LogP contribution in [-0.2, 0) is 0 Å². The van der Waals surface area contributed by atoms with Crippen LogP contribution in [0.2, 0.25) is 0 Å². The van der Waals surface area contributed by atoms with Crippen molar-refractivity contribution in [3.8, 4) is 0 Å². The number of hydrazine groups is 1. The largest absolute Gasteiger partial charge is 0.250 e. The molecule has 0 aromatic heterocycles. The quantitative estimate of drug-likeness (QED) is 0.730. The fraction of sp³-hybridized carbons (Fsp3) is 0.0500. The molecule has 0 spiro atoms. The molecule has 118 valence electrons. The zero-order valence-electron chi connectivity index (χ0n) is 13.2. The van der Waals surface area contributed by atoms with Gasteiger partial charge in [0, 0.05) is 0 Å². The third kappa shape index (κ3) is 3.06. The minimum atomic E-state index is 0.0339. The standard InChI is InChI=1S/C20H18N4/c1-4-10-16(11-5-1)19-20(21-17-12-6-2-7-13-17)23-24(22-19)18-14-8-3-9-15-18/h1-15,19,22H,(H,21,23)/p+1. The first-order valence-corrected chi connectivity index (χ1v) is 8.04. The number of hydrogen-bond donors (Lipinski definition) is 2. The van der Waals surface area contributed by atoms with Gasteiger partial charge < -0.3 is 0 Å². The van der Waals surface area contributed by atoms with Crippen LogP contribution in [0.25, 0.3) is 0 Å². The van der Waals surface area contributed by atoms with E-state index in [2.05, 4.69) is 47.2 Å². The zero-order valence-corrected chi connectivity index (χ0v) is 13.2. The highest BCUT2D eigenvalue weighted by molar-refractivity contribution is 5.85. The SMILES string of the molecule is c1ccc(N=C2[NH2+]N(c3ccccc3)NC2c2ccccc2)cc1. The number of hydrogen-bond acceptors (Lipinski definition) is 3. The van der Waals surface area contributed by atoms with Gasteiger partial charge in [0.2, 0.25) is 5.84 Å². The fourth-order valence-electron chi connectivity index (χ4n) is 2.82. The monoisotopic (exact) mass is 315 g/mol. The van der Waals surface area contributed by atoms with Crippen LogP contribution in [-0.4, -0.2) is 5.84 Å². The lowest BCUT2D eigenvalue weighted by Crippen LogP contribution is -2.95. The van der Waals surface area contributed by atoms with Gasteiger partial charge in [0.05, 0.1) is 5.69 Å². The van der Waals surface area contributed by atoms with E-state index in [0.717, 1.165) is 17.2 Å². The summed E-state index contributed by atoms with van der Waals surface area (Å²) in [6.07, 6.45) is 0. The Morgan fingerprint density at radius 2 is 1.33 bits per heavy atom. The first-order chi connectivity index (χ1) is 11.9. The van der Waals surface area contributed by atoms with E-state index in [-0.39, 0.29) is 6.04 Å². The summed E-state index contributed by atoms with van der Waals surface area (Å²) in [5.74, 6) is 0.997. The Balaban J connectivity index is 1.70. The summed E-state index contributed by atoms with van der Waals surface area (Å²) in [5, 5.41) is 2.04. The zero-order chi connectivity index (χ0) is 16.2. The van der Waals surface area contributed by atoms with Crippen LogP contribution in [0.1, 0.15) is 11.6 Å². The van der Waals surface area contributed by atoms with Crippen molar-refractivity contribution in [1.82, 2.24) is 5.43 Å². The number of benzene rings is 3. The van der Waals surface area contributed by atoms with E-state index < -0.39 is 0 Å². The van der Waals surface area contributed by atoms with Crippen LogP contribution < -0.4 is 16.0 Å². The Morgan fingerprint density at radius 3 is 2.00 bits per heavy atom. The third-order valence-electron chi connectivity index (χ3n) is 4.01. The minimum absolute atomic E-state index is 0.0339. The number of para-hydroxylation sites is 2. The summed E-state index contributed by atoms with van der Waals surface area (Å²) >= 11 is 0. The smallest absolute Gasteiger partial charge is 0.197 e. The number of rotatable bonds is 3. The van der Waals surface area contributed by atoms with E-state index in [1.807, 2.05) is 59.7 Å². The molecule has 3 aromatic rings. The molecule has 0 bridgehead atoms. The lowest BCUT2D eigenvalue weighted by Gasteiger charge is -2.13. The molecule has 1 heterocycles. The second-order valence-corrected chi connectivity index (χ2v) is 5.68. The summed E-state index contributed by atoms with van der Waals surface area (Å²) in [5.41, 5.74) is 8.86. The first kappa shape index (κ1) is 14.6. The molecule has 1 saturated heterocycles. The molecule has 3 N–H and O–H groups in total. The minimum Gasteiger partial charge on any atom is -0.197 e. The molecular weight excluding hydrogens is 296 g/mol. The van der Waals surface area contributed by atoms with Crippen molar-refractivity contribution in [2.75, 3.05) is 5.12 Å². The Kier molecular flexibility index (Phi) is 4.06. The van der Waals surface area contributed by atoms with Gasteiger partial charge >= 0.3 is 0 Å². The van der Waals surface area contributed by atoms with Gasteiger partial charge in [-0.1, -0.05) is 66.7 Å². The van der Waals surface area contributed by atoms with E-state index in [1.165, 1.54) is 5.56 Å². The van der Waals surface area contributed by atoms with Crippen molar-refractivity contribution in [2.45, 2.75) is 6.04 Å². The molecule has 3 aromatic carbocycles. The number of nitrogens with zero attached hydrogens (tertiary/aromatic N) is 2. The molecule has 4 rings (SSSR count). The fourth-order valence-corrected chi connectivity index (χ4v) is 2.82. The highest BCUT2D eigenvalue weighted by Gasteiger charge is 2.34. The van der Waals surface area contributed by atoms with Crippen molar-refractivity contribution < 1.29 is 5.43 Å². The summed E-state index contributed by atoms with van der Waals surface area (Å²) in [4.78, 5) is 4.85. The van der Waals surface area contributed by atoms with Gasteiger partial charge in [-0.3, -0.25) is 0 Å². The van der Waals surface area contributed by atoms with Gasteiger partial charge in [-0.05, 0) is 29.8 Å². The number of nitrogens with two attached hydrogens (primary N) is 1. The highest BCUT2D eigenvalue weighted by Crippen LogP contribution is 2.21. The summed E-state index contributed by atoms with van der Waals surface area (Å²) < 4.78 is 0. The van der Waals surface area contributed by atoms with E-state index in [0.29, 0.717) is 0 Å². The maximum absolute atomic E-state index is 4.85. The summed E-state index contributed by atoms with van der Waals surface area (Å²) in [6.45, 7) is 0. The normalized spacial score (nSPS) is 18.9. The maximum Gasteiger partial charge on any atom is 0.250 e. The molecule has 1 unspecified atom stereocenters. The van der Waals surface area contributed by atoms with Crippen LogP contribution >= 0.6 is 0 Å². The molecule has 24 heavy (non-hydrogen) atoms. The number of aliphatic imine (C=N–C) groups is 1. The van der Waals surface area contributed by atoms with Crippen molar-refractivity contribution in [3.05, 3.63) is 96.6 Å². The molecule has 0 aliphatic carbocycles. The number of anilines is 1. The van der Waals surface area contributed by atoms with Gasteiger partial charge in [0.15, 0.2) is 6.04 Å². The Hall–Kier alpha value is -2.95. The second-order valence-electron chi connectivity index (χ2n) is 5.68. The van der Waals surface area contributed by atoms with Gasteiger partial charge in [-0.25, -0.2) is 0 Å². The molecule has 0 saturated carbocycles. The second kappa shape index (κ2) is 6.66. The Bertz CT molecular complexity index is 816. The van der Waals surface area contributed by atoms with Crippen LogP contribution in [0.15, 0.2) is 96.0 Å². The number of amidine groups is 1. The molecule has 1 atom stereocenters. The molecule has 4 nitrogen and oxygen atoms in total. The average Bonchev–Trinajstić information content (AvgIpc) is 3.08. The maximum atomic E-state index is 4.85. The van der Waals surface area contributed by atoms with Crippen molar-refractivity contribution >= 4 is 17.2 Å². The Morgan fingerprint density at radius 1 is 0.750 bits per heavy atom.